The summed E-state index contributed by atoms with van der Waals surface area (Å²) in [5.41, 5.74) is 1.70. The number of carbonyl (C=O) groups is 1. The Morgan fingerprint density at radius 3 is 2.18 bits per heavy atom. The average molecular weight is 235 g/mol. The van der Waals surface area contributed by atoms with Crippen molar-refractivity contribution >= 4 is 12.1 Å². The smallest absolute Gasteiger partial charge is 0.214 e. The fourth-order valence-corrected chi connectivity index (χ4v) is 1.66. The largest absolute Gasteiger partial charge is 0.395 e. The highest BCUT2D eigenvalue weighted by Gasteiger charge is 2.19. The molecule has 0 atom stereocenters. The van der Waals surface area contributed by atoms with Crippen LogP contribution in [0.5, 0.6) is 0 Å². The van der Waals surface area contributed by atoms with Crippen LogP contribution in [0, 0.1) is 0 Å². The van der Waals surface area contributed by atoms with E-state index in [4.69, 9.17) is 0 Å². The van der Waals surface area contributed by atoms with Crippen LogP contribution in [0.25, 0.3) is 0 Å². The SMILES string of the molecule is CC(C)N(C=O)c1ccc(C(C)(C)CO)cc1. The van der Waals surface area contributed by atoms with Crippen LogP contribution in [0.4, 0.5) is 5.69 Å². The van der Waals surface area contributed by atoms with E-state index in [1.165, 1.54) is 0 Å². The Labute approximate surface area is 103 Å². The van der Waals surface area contributed by atoms with E-state index in [9.17, 15) is 9.90 Å². The van der Waals surface area contributed by atoms with E-state index in [2.05, 4.69) is 0 Å². The van der Waals surface area contributed by atoms with Crippen molar-refractivity contribution in [1.82, 2.24) is 0 Å². The van der Waals surface area contributed by atoms with Crippen molar-refractivity contribution in [3.63, 3.8) is 0 Å². The van der Waals surface area contributed by atoms with E-state index >= 15 is 0 Å². The molecule has 0 aromatic heterocycles. The number of amides is 1. The second kappa shape index (κ2) is 5.32. The van der Waals surface area contributed by atoms with Crippen LogP contribution in [0.3, 0.4) is 0 Å². The summed E-state index contributed by atoms with van der Waals surface area (Å²) >= 11 is 0. The number of nitrogens with zero attached hydrogens (tertiary/aromatic N) is 1. The topological polar surface area (TPSA) is 40.5 Å². The molecule has 0 spiro atoms. The third-order valence-electron chi connectivity index (χ3n) is 3.01. The quantitative estimate of drug-likeness (QED) is 0.796. The van der Waals surface area contributed by atoms with Gasteiger partial charge in [-0.3, -0.25) is 4.79 Å². The number of hydrogen-bond donors (Lipinski definition) is 1. The molecule has 17 heavy (non-hydrogen) atoms. The number of carbonyl (C=O) groups excluding carboxylic acids is 1. The monoisotopic (exact) mass is 235 g/mol. The van der Waals surface area contributed by atoms with E-state index in [0.29, 0.717) is 0 Å². The van der Waals surface area contributed by atoms with Gasteiger partial charge in [-0.25, -0.2) is 0 Å². The Kier molecular flexibility index (Phi) is 4.29. The van der Waals surface area contributed by atoms with Crippen molar-refractivity contribution in [1.29, 1.82) is 0 Å². The Balaban J connectivity index is 2.99. The molecular weight excluding hydrogens is 214 g/mol. The van der Waals surface area contributed by atoms with Gasteiger partial charge in [-0.2, -0.15) is 0 Å². The van der Waals surface area contributed by atoms with E-state index in [-0.39, 0.29) is 18.1 Å². The molecule has 0 radical (unpaired) electrons. The maximum absolute atomic E-state index is 11.0. The van der Waals surface area contributed by atoms with Gasteiger partial charge in [-0.1, -0.05) is 26.0 Å². The maximum Gasteiger partial charge on any atom is 0.214 e. The van der Waals surface area contributed by atoms with E-state index in [0.717, 1.165) is 17.7 Å². The summed E-state index contributed by atoms with van der Waals surface area (Å²) in [7, 11) is 0. The molecule has 0 aliphatic heterocycles. The summed E-state index contributed by atoms with van der Waals surface area (Å²) < 4.78 is 0. The van der Waals surface area contributed by atoms with Crippen LogP contribution in [-0.4, -0.2) is 24.2 Å². The van der Waals surface area contributed by atoms with Gasteiger partial charge in [-0.05, 0) is 31.5 Å². The van der Waals surface area contributed by atoms with Crippen LogP contribution in [0.1, 0.15) is 33.3 Å². The van der Waals surface area contributed by atoms with Gasteiger partial charge < -0.3 is 10.0 Å². The zero-order valence-electron chi connectivity index (χ0n) is 11.0. The van der Waals surface area contributed by atoms with Gasteiger partial charge in [0, 0.05) is 17.1 Å². The van der Waals surface area contributed by atoms with Gasteiger partial charge in [0.2, 0.25) is 6.41 Å². The highest BCUT2D eigenvalue weighted by atomic mass is 16.3. The molecule has 0 saturated heterocycles. The molecule has 0 aliphatic rings. The van der Waals surface area contributed by atoms with Crippen molar-refractivity contribution in [2.45, 2.75) is 39.2 Å². The predicted molar refractivity (Wildman–Crippen MR) is 70.2 cm³/mol. The highest BCUT2D eigenvalue weighted by molar-refractivity contribution is 5.75. The second-order valence-electron chi connectivity index (χ2n) is 5.20. The van der Waals surface area contributed by atoms with Crippen molar-refractivity contribution < 1.29 is 9.90 Å². The minimum atomic E-state index is -0.248. The van der Waals surface area contributed by atoms with Gasteiger partial charge >= 0.3 is 0 Å². The molecule has 1 N–H and O–H groups in total. The van der Waals surface area contributed by atoms with Crippen molar-refractivity contribution in [2.24, 2.45) is 0 Å². The molecule has 0 unspecified atom stereocenters. The number of rotatable bonds is 5. The number of benzene rings is 1. The van der Waals surface area contributed by atoms with Crippen LogP contribution in [0.15, 0.2) is 24.3 Å². The van der Waals surface area contributed by atoms with Gasteiger partial charge in [0.15, 0.2) is 0 Å². The summed E-state index contributed by atoms with van der Waals surface area (Å²) in [5.74, 6) is 0. The third-order valence-corrected chi connectivity index (χ3v) is 3.01. The lowest BCUT2D eigenvalue weighted by Crippen LogP contribution is -2.29. The fraction of sp³-hybridized carbons (Fsp3) is 0.500. The molecule has 0 aliphatic carbocycles. The number of aliphatic hydroxyl groups is 1. The molecule has 0 saturated carbocycles. The lowest BCUT2D eigenvalue weighted by atomic mass is 9.85. The molecule has 3 heteroatoms. The van der Waals surface area contributed by atoms with Crippen molar-refractivity contribution in [2.75, 3.05) is 11.5 Å². The Morgan fingerprint density at radius 1 is 1.29 bits per heavy atom. The zero-order valence-corrected chi connectivity index (χ0v) is 11.0. The van der Waals surface area contributed by atoms with Crippen molar-refractivity contribution in [3.8, 4) is 0 Å². The Bertz CT molecular complexity index is 368. The predicted octanol–water partition coefficient (Wildman–Crippen LogP) is 2.33. The summed E-state index contributed by atoms with van der Waals surface area (Å²) in [6.07, 6.45) is 0.844. The average Bonchev–Trinajstić information content (AvgIpc) is 2.30. The molecule has 0 bridgehead atoms. The van der Waals surface area contributed by atoms with Gasteiger partial charge in [0.05, 0.1) is 6.61 Å². The Hall–Kier alpha value is -1.35. The standard InChI is InChI=1S/C14H21NO2/c1-11(2)15(10-17)13-7-5-12(6-8-13)14(3,4)9-16/h5-8,10-11,16H,9H2,1-4H3. The van der Waals surface area contributed by atoms with Crippen LogP contribution in [-0.2, 0) is 10.2 Å². The first-order chi connectivity index (χ1) is 7.92. The molecule has 1 aromatic carbocycles. The number of anilines is 1. The fourth-order valence-electron chi connectivity index (χ4n) is 1.66. The number of aliphatic hydroxyl groups excluding tert-OH is 1. The van der Waals surface area contributed by atoms with Crippen molar-refractivity contribution in [3.05, 3.63) is 29.8 Å². The summed E-state index contributed by atoms with van der Waals surface area (Å²) in [6, 6.07) is 7.90. The minimum absolute atomic E-state index is 0.105. The zero-order chi connectivity index (χ0) is 13.1. The summed E-state index contributed by atoms with van der Waals surface area (Å²) in [6.45, 7) is 8.03. The Morgan fingerprint density at radius 2 is 1.82 bits per heavy atom. The van der Waals surface area contributed by atoms with Crippen LogP contribution >= 0.6 is 0 Å². The molecule has 3 nitrogen and oxygen atoms in total. The van der Waals surface area contributed by atoms with Gasteiger partial charge in [0.1, 0.15) is 0 Å². The second-order valence-corrected chi connectivity index (χ2v) is 5.20. The lowest BCUT2D eigenvalue weighted by molar-refractivity contribution is -0.107. The summed E-state index contributed by atoms with van der Waals surface area (Å²) in [4.78, 5) is 12.6. The van der Waals surface area contributed by atoms with Crippen LogP contribution < -0.4 is 4.90 Å². The normalized spacial score (nSPS) is 11.6. The van der Waals surface area contributed by atoms with Gasteiger partial charge in [0.25, 0.3) is 0 Å². The van der Waals surface area contributed by atoms with E-state index in [1.54, 1.807) is 4.90 Å². The third kappa shape index (κ3) is 3.07. The molecule has 1 aromatic rings. The van der Waals surface area contributed by atoms with Crippen LogP contribution in [0.2, 0.25) is 0 Å². The molecule has 0 fully saturated rings. The van der Waals surface area contributed by atoms with Gasteiger partial charge in [-0.15, -0.1) is 0 Å². The summed E-state index contributed by atoms with van der Waals surface area (Å²) in [5, 5.41) is 9.29. The number of hydrogen-bond acceptors (Lipinski definition) is 2. The van der Waals surface area contributed by atoms with E-state index < -0.39 is 0 Å². The first-order valence-electron chi connectivity index (χ1n) is 5.87. The first kappa shape index (κ1) is 13.7. The van der Waals surface area contributed by atoms with E-state index in [1.807, 2.05) is 52.0 Å². The highest BCUT2D eigenvalue weighted by Crippen LogP contribution is 2.25. The molecule has 0 heterocycles. The maximum atomic E-state index is 11.0. The minimum Gasteiger partial charge on any atom is -0.395 e. The molecule has 1 amide bonds. The lowest BCUT2D eigenvalue weighted by Gasteiger charge is -2.25. The molecule has 1 rings (SSSR count). The molecular formula is C14H21NO2. The first-order valence-corrected chi connectivity index (χ1v) is 5.87. The molecule has 94 valence electrons.